The van der Waals surface area contributed by atoms with Crippen molar-refractivity contribution in [2.45, 2.75) is 17.6 Å². The Kier molecular flexibility index (Phi) is 6.22. The Morgan fingerprint density at radius 3 is 1.58 bits per heavy atom. The van der Waals surface area contributed by atoms with Crippen LogP contribution >= 0.6 is 22.6 Å². The maximum Gasteiger partial charge on any atom is 0.162 e. The molecule has 0 atom stereocenters. The second-order valence-corrected chi connectivity index (χ2v) is 6.59. The van der Waals surface area contributed by atoms with Crippen molar-refractivity contribution in [2.24, 2.45) is 0 Å². The smallest absolute Gasteiger partial charge is 0.162 e. The summed E-state index contributed by atoms with van der Waals surface area (Å²) < 4.78 is 12.8. The molecule has 0 spiro atoms. The van der Waals surface area contributed by atoms with Gasteiger partial charge in [0.15, 0.2) is 11.5 Å². The third kappa shape index (κ3) is 5.05. The number of hydrogen-bond donors (Lipinski definition) is 2. The molecule has 0 saturated carbocycles. The van der Waals surface area contributed by atoms with Gasteiger partial charge in [-0.3, -0.25) is 0 Å². The molecule has 5 heteroatoms. The lowest BCUT2D eigenvalue weighted by molar-refractivity contribution is 0.255. The monoisotopic (exact) mass is 462 g/mol. The lowest BCUT2D eigenvalue weighted by Gasteiger charge is -2.14. The molecule has 2 N–H and O–H groups in total. The molecule has 0 bridgehead atoms. The molecule has 4 nitrogen and oxygen atoms in total. The molecule has 26 heavy (non-hydrogen) atoms. The molecule has 3 rings (SSSR count). The van der Waals surface area contributed by atoms with Gasteiger partial charge in [-0.25, -0.2) is 0 Å². The van der Waals surface area contributed by atoms with E-state index in [9.17, 15) is 10.2 Å². The van der Waals surface area contributed by atoms with E-state index in [0.29, 0.717) is 24.7 Å². The zero-order chi connectivity index (χ0) is 18.4. The van der Waals surface area contributed by atoms with Crippen molar-refractivity contribution in [3.05, 3.63) is 83.4 Å². The number of hydrogen-bond acceptors (Lipinski definition) is 4. The molecule has 0 radical (unpaired) electrons. The Bertz CT molecular complexity index is 845. The third-order valence-electron chi connectivity index (χ3n) is 3.82. The van der Waals surface area contributed by atoms with Gasteiger partial charge in [0, 0.05) is 4.43 Å². The zero-order valence-corrected chi connectivity index (χ0v) is 16.2. The van der Waals surface area contributed by atoms with E-state index < -0.39 is 0 Å². The Hall–Kier alpha value is -2.41. The van der Waals surface area contributed by atoms with Gasteiger partial charge in [0.05, 0.1) is 0 Å². The number of ether oxygens (including phenoxy) is 2. The van der Waals surface area contributed by atoms with E-state index in [4.69, 9.17) is 9.47 Å². The van der Waals surface area contributed by atoms with E-state index >= 15 is 0 Å². The number of rotatable bonds is 7. The normalized spacial score (nSPS) is 10.5. The second kappa shape index (κ2) is 8.80. The molecule has 0 fully saturated rings. The molecule has 3 aromatic carbocycles. The predicted molar refractivity (Wildman–Crippen MR) is 109 cm³/mol. The fourth-order valence-corrected chi connectivity index (χ4v) is 2.85. The Balaban J connectivity index is 1.71. The first-order valence-electron chi connectivity index (χ1n) is 8.14. The first-order chi connectivity index (χ1) is 12.6. The quantitative estimate of drug-likeness (QED) is 0.375. The number of alkyl halides is 1. The highest BCUT2D eigenvalue weighted by Crippen LogP contribution is 2.31. The highest BCUT2D eigenvalue weighted by atomic mass is 127. The molecule has 3 aromatic rings. The number of halogens is 1. The lowest BCUT2D eigenvalue weighted by atomic mass is 10.2. The van der Waals surface area contributed by atoms with E-state index in [1.807, 2.05) is 42.5 Å². The SMILES string of the molecule is Oc1ccc(COc2ccc(CI)cc2OCc2ccc(O)cc2)cc1. The molecule has 0 aromatic heterocycles. The Morgan fingerprint density at radius 1 is 0.615 bits per heavy atom. The average Bonchev–Trinajstić information content (AvgIpc) is 2.67. The zero-order valence-electron chi connectivity index (χ0n) is 14.1. The van der Waals surface area contributed by atoms with Crippen molar-refractivity contribution < 1.29 is 19.7 Å². The summed E-state index contributed by atoms with van der Waals surface area (Å²) in [5, 5.41) is 18.7. The van der Waals surface area contributed by atoms with Crippen molar-refractivity contribution in [1.29, 1.82) is 0 Å². The summed E-state index contributed by atoms with van der Waals surface area (Å²) in [6.45, 7) is 0.778. The number of aromatic hydroxyl groups is 2. The lowest BCUT2D eigenvalue weighted by Crippen LogP contribution is -2.01. The number of benzene rings is 3. The van der Waals surface area contributed by atoms with Crippen LogP contribution in [0.5, 0.6) is 23.0 Å². The molecule has 0 aliphatic heterocycles. The molecule has 0 saturated heterocycles. The Labute approximate surface area is 166 Å². The molecule has 0 heterocycles. The van der Waals surface area contributed by atoms with Gasteiger partial charge in [-0.15, -0.1) is 0 Å². The average molecular weight is 462 g/mol. The van der Waals surface area contributed by atoms with Crippen LogP contribution in [0, 0.1) is 0 Å². The van der Waals surface area contributed by atoms with Gasteiger partial charge in [-0.2, -0.15) is 0 Å². The van der Waals surface area contributed by atoms with Gasteiger partial charge in [0.25, 0.3) is 0 Å². The van der Waals surface area contributed by atoms with Crippen LogP contribution in [0.3, 0.4) is 0 Å². The standard InChI is InChI=1S/C21H19IO4/c22-12-17-5-10-20(25-13-15-1-6-18(23)7-2-15)21(11-17)26-14-16-3-8-19(24)9-4-16/h1-11,23-24H,12-14H2. The fourth-order valence-electron chi connectivity index (χ4n) is 2.37. The first kappa shape index (κ1) is 18.4. The largest absolute Gasteiger partial charge is 0.508 e. The minimum atomic E-state index is 0.234. The van der Waals surface area contributed by atoms with Crippen molar-refractivity contribution in [1.82, 2.24) is 0 Å². The molecule has 0 amide bonds. The van der Waals surface area contributed by atoms with E-state index in [1.165, 1.54) is 0 Å². The van der Waals surface area contributed by atoms with Crippen molar-refractivity contribution in [3.8, 4) is 23.0 Å². The van der Waals surface area contributed by atoms with Gasteiger partial charge in [0.1, 0.15) is 24.7 Å². The summed E-state index contributed by atoms with van der Waals surface area (Å²) in [6.07, 6.45) is 0. The van der Waals surface area contributed by atoms with Crippen LogP contribution in [0.4, 0.5) is 0 Å². The fraction of sp³-hybridized carbons (Fsp3) is 0.143. The van der Waals surface area contributed by atoms with E-state index in [-0.39, 0.29) is 11.5 Å². The van der Waals surface area contributed by atoms with Crippen LogP contribution in [0.2, 0.25) is 0 Å². The number of phenols is 2. The molecular formula is C21H19IO4. The second-order valence-electron chi connectivity index (χ2n) is 5.82. The summed E-state index contributed by atoms with van der Waals surface area (Å²) in [4.78, 5) is 0. The van der Waals surface area contributed by atoms with Crippen LogP contribution in [-0.4, -0.2) is 10.2 Å². The molecule has 134 valence electrons. The van der Waals surface area contributed by atoms with Crippen LogP contribution in [0.25, 0.3) is 0 Å². The van der Waals surface area contributed by atoms with Crippen LogP contribution in [0.15, 0.2) is 66.7 Å². The third-order valence-corrected chi connectivity index (χ3v) is 4.70. The predicted octanol–water partition coefficient (Wildman–Crippen LogP) is 5.19. The summed E-state index contributed by atoms with van der Waals surface area (Å²) in [5.74, 6) is 1.83. The van der Waals surface area contributed by atoms with E-state index in [2.05, 4.69) is 22.6 Å². The van der Waals surface area contributed by atoms with Crippen molar-refractivity contribution in [3.63, 3.8) is 0 Å². The maximum absolute atomic E-state index is 9.37. The molecular weight excluding hydrogens is 443 g/mol. The van der Waals surface area contributed by atoms with Gasteiger partial charge in [0.2, 0.25) is 0 Å². The topological polar surface area (TPSA) is 58.9 Å². The number of phenolic OH excluding ortho intramolecular Hbond substituents is 2. The minimum Gasteiger partial charge on any atom is -0.508 e. The van der Waals surface area contributed by atoms with Gasteiger partial charge >= 0.3 is 0 Å². The molecule has 0 aliphatic rings. The van der Waals surface area contributed by atoms with Crippen LogP contribution in [-0.2, 0) is 17.6 Å². The maximum atomic E-state index is 9.37. The summed E-state index contributed by atoms with van der Waals surface area (Å²) >= 11 is 2.31. The van der Waals surface area contributed by atoms with Crippen LogP contribution in [0.1, 0.15) is 16.7 Å². The molecule has 0 aliphatic carbocycles. The molecule has 0 unspecified atom stereocenters. The van der Waals surface area contributed by atoms with Gasteiger partial charge in [-0.05, 0) is 53.1 Å². The van der Waals surface area contributed by atoms with Crippen LogP contribution < -0.4 is 9.47 Å². The Morgan fingerprint density at radius 2 is 1.08 bits per heavy atom. The first-order valence-corrected chi connectivity index (χ1v) is 9.67. The van der Waals surface area contributed by atoms with Crippen molar-refractivity contribution >= 4 is 22.6 Å². The van der Waals surface area contributed by atoms with Gasteiger partial charge in [-0.1, -0.05) is 52.9 Å². The van der Waals surface area contributed by atoms with Crippen molar-refractivity contribution in [2.75, 3.05) is 0 Å². The summed E-state index contributed by atoms with van der Waals surface area (Å²) in [6, 6.07) is 19.8. The summed E-state index contributed by atoms with van der Waals surface area (Å²) in [5.41, 5.74) is 3.08. The van der Waals surface area contributed by atoms with Gasteiger partial charge < -0.3 is 19.7 Å². The highest BCUT2D eigenvalue weighted by molar-refractivity contribution is 14.1. The van der Waals surface area contributed by atoms with E-state index in [0.717, 1.165) is 21.1 Å². The highest BCUT2D eigenvalue weighted by Gasteiger charge is 2.08. The minimum absolute atomic E-state index is 0.234. The van der Waals surface area contributed by atoms with E-state index in [1.54, 1.807) is 24.3 Å². The summed E-state index contributed by atoms with van der Waals surface area (Å²) in [7, 11) is 0.